The van der Waals surface area contributed by atoms with Crippen molar-refractivity contribution in [2.75, 3.05) is 19.7 Å². The van der Waals surface area contributed by atoms with Crippen LogP contribution >= 0.6 is 11.3 Å². The first kappa shape index (κ1) is 17.4. The summed E-state index contributed by atoms with van der Waals surface area (Å²) in [5, 5.41) is 10.9. The molecule has 2 aliphatic heterocycles. The van der Waals surface area contributed by atoms with Gasteiger partial charge in [0.1, 0.15) is 18.0 Å². The number of thiophene rings is 1. The summed E-state index contributed by atoms with van der Waals surface area (Å²) in [7, 11) is 0. The van der Waals surface area contributed by atoms with Gasteiger partial charge in [0.25, 0.3) is 0 Å². The van der Waals surface area contributed by atoms with E-state index < -0.39 is 0 Å². The highest BCUT2D eigenvalue weighted by Gasteiger charge is 2.34. The molecule has 2 aliphatic rings. The van der Waals surface area contributed by atoms with Gasteiger partial charge in [-0.2, -0.15) is 0 Å². The largest absolute Gasteiger partial charge is 0.483 e. The Bertz CT molecular complexity index is 860. The van der Waals surface area contributed by atoms with Crippen molar-refractivity contribution < 1.29 is 9.84 Å². The number of fused-ring (bicyclic) bond motifs is 1. The molecule has 1 N–H and O–H groups in total. The molecular weight excluding hydrogens is 342 g/mol. The van der Waals surface area contributed by atoms with Gasteiger partial charge in [0.05, 0.1) is 0 Å². The predicted molar refractivity (Wildman–Crippen MR) is 106 cm³/mol. The smallest absolute Gasteiger partial charge is 0.129 e. The highest BCUT2D eigenvalue weighted by atomic mass is 32.1. The topological polar surface area (TPSA) is 32.7 Å². The number of benzene rings is 1. The number of hydrogen-bond acceptors (Lipinski definition) is 4. The summed E-state index contributed by atoms with van der Waals surface area (Å²) < 4.78 is 6.43. The van der Waals surface area contributed by atoms with Gasteiger partial charge in [0, 0.05) is 40.9 Å². The summed E-state index contributed by atoms with van der Waals surface area (Å²) in [6, 6.07) is 10.4. The van der Waals surface area contributed by atoms with E-state index in [0.29, 0.717) is 0 Å². The van der Waals surface area contributed by atoms with Gasteiger partial charge >= 0.3 is 0 Å². The van der Waals surface area contributed by atoms with Crippen LogP contribution in [0, 0.1) is 11.8 Å². The van der Waals surface area contributed by atoms with E-state index in [2.05, 4.69) is 58.5 Å². The second kappa shape index (κ2) is 7.67. The lowest BCUT2D eigenvalue weighted by Gasteiger charge is -2.34. The molecule has 4 rings (SSSR count). The van der Waals surface area contributed by atoms with Gasteiger partial charge in [0.2, 0.25) is 0 Å². The van der Waals surface area contributed by atoms with E-state index in [1.54, 1.807) is 11.3 Å². The van der Waals surface area contributed by atoms with E-state index in [4.69, 9.17) is 9.84 Å². The molecule has 134 valence electrons. The summed E-state index contributed by atoms with van der Waals surface area (Å²) in [6.45, 7) is 3.00. The lowest BCUT2D eigenvalue weighted by Crippen LogP contribution is -2.36. The van der Waals surface area contributed by atoms with E-state index in [9.17, 15) is 0 Å². The Labute approximate surface area is 158 Å². The predicted octanol–water partition coefficient (Wildman–Crippen LogP) is 3.92. The average molecular weight is 365 g/mol. The molecule has 0 aliphatic carbocycles. The molecule has 1 spiro atoms. The monoisotopic (exact) mass is 365 g/mol. The van der Waals surface area contributed by atoms with Crippen LogP contribution in [0.25, 0.3) is 6.08 Å². The maximum atomic E-state index is 8.81. The summed E-state index contributed by atoms with van der Waals surface area (Å²) >= 11 is 1.75. The second-order valence-electron chi connectivity index (χ2n) is 6.93. The van der Waals surface area contributed by atoms with Crippen molar-refractivity contribution >= 4 is 17.4 Å². The molecule has 3 heterocycles. The molecule has 0 saturated carbocycles. The Morgan fingerprint density at radius 3 is 3.08 bits per heavy atom. The fourth-order valence-electron chi connectivity index (χ4n) is 3.71. The minimum atomic E-state index is -0.156. The number of aliphatic hydroxyl groups excluding tert-OH is 1. The number of likely N-dealkylation sites (tertiary alicyclic amines) is 1. The quantitative estimate of drug-likeness (QED) is 0.819. The van der Waals surface area contributed by atoms with Crippen LogP contribution < -0.4 is 4.74 Å². The number of nitrogens with zero attached hydrogens (tertiary/aromatic N) is 1. The molecule has 1 fully saturated rings. The highest BCUT2D eigenvalue weighted by molar-refractivity contribution is 7.10. The van der Waals surface area contributed by atoms with Gasteiger partial charge in [-0.1, -0.05) is 36.1 Å². The Hall–Kier alpha value is -2.06. The molecule has 1 saturated heterocycles. The summed E-state index contributed by atoms with van der Waals surface area (Å²) in [4.78, 5) is 3.84. The lowest BCUT2D eigenvalue weighted by atomic mass is 9.91. The third kappa shape index (κ3) is 3.86. The van der Waals surface area contributed by atoms with Crippen LogP contribution in [0.15, 0.2) is 41.8 Å². The zero-order valence-corrected chi connectivity index (χ0v) is 15.6. The van der Waals surface area contributed by atoms with Crippen LogP contribution in [0.4, 0.5) is 0 Å². The van der Waals surface area contributed by atoms with Crippen LogP contribution in [0.2, 0.25) is 0 Å². The first-order chi connectivity index (χ1) is 12.8. The van der Waals surface area contributed by atoms with Gasteiger partial charge in [0.15, 0.2) is 0 Å². The van der Waals surface area contributed by atoms with Crippen LogP contribution in [0.5, 0.6) is 5.75 Å². The molecule has 1 aromatic heterocycles. The molecule has 0 amide bonds. The molecule has 26 heavy (non-hydrogen) atoms. The summed E-state index contributed by atoms with van der Waals surface area (Å²) in [6.07, 6.45) is 7.70. The first-order valence-electron chi connectivity index (χ1n) is 9.13. The number of hydrogen-bond donors (Lipinski definition) is 1. The van der Waals surface area contributed by atoms with Crippen molar-refractivity contribution in [2.45, 2.75) is 31.4 Å². The second-order valence-corrected chi connectivity index (χ2v) is 7.93. The van der Waals surface area contributed by atoms with E-state index in [1.165, 1.54) is 10.4 Å². The Kier molecular flexibility index (Phi) is 5.12. The van der Waals surface area contributed by atoms with Crippen molar-refractivity contribution in [1.82, 2.24) is 4.90 Å². The van der Waals surface area contributed by atoms with Crippen LogP contribution in [0.3, 0.4) is 0 Å². The third-order valence-electron chi connectivity index (χ3n) is 5.07. The van der Waals surface area contributed by atoms with Crippen molar-refractivity contribution in [3.05, 3.63) is 57.8 Å². The Balaban J connectivity index is 1.40. The third-order valence-corrected chi connectivity index (χ3v) is 5.99. The Morgan fingerprint density at radius 1 is 1.23 bits per heavy atom. The molecular formula is C22H23NO2S. The van der Waals surface area contributed by atoms with Gasteiger partial charge < -0.3 is 9.84 Å². The zero-order valence-electron chi connectivity index (χ0n) is 14.8. The Morgan fingerprint density at radius 2 is 2.15 bits per heavy atom. The molecule has 1 aromatic carbocycles. The fourth-order valence-corrected chi connectivity index (χ4v) is 4.57. The number of aliphatic hydroxyl groups is 1. The van der Waals surface area contributed by atoms with E-state index >= 15 is 0 Å². The average Bonchev–Trinajstić information content (AvgIpc) is 3.02. The van der Waals surface area contributed by atoms with E-state index in [1.807, 2.05) is 6.07 Å². The fraction of sp³-hybridized carbons (Fsp3) is 0.364. The van der Waals surface area contributed by atoms with E-state index in [0.717, 1.165) is 50.2 Å². The van der Waals surface area contributed by atoms with Gasteiger partial charge in [-0.3, -0.25) is 4.90 Å². The van der Waals surface area contributed by atoms with Crippen molar-refractivity contribution in [3.8, 4) is 17.6 Å². The molecule has 4 heteroatoms. The van der Waals surface area contributed by atoms with Crippen molar-refractivity contribution in [1.29, 1.82) is 0 Å². The van der Waals surface area contributed by atoms with Crippen LogP contribution in [-0.2, 0) is 6.54 Å². The molecule has 0 radical (unpaired) electrons. The summed E-state index contributed by atoms with van der Waals surface area (Å²) in [5.74, 6) is 6.70. The van der Waals surface area contributed by atoms with Gasteiger partial charge in [-0.25, -0.2) is 0 Å². The minimum Gasteiger partial charge on any atom is -0.483 e. The van der Waals surface area contributed by atoms with E-state index in [-0.39, 0.29) is 12.2 Å². The van der Waals surface area contributed by atoms with Crippen molar-refractivity contribution in [2.24, 2.45) is 0 Å². The molecule has 0 unspecified atom stereocenters. The number of para-hydroxylation sites is 1. The molecule has 0 bridgehead atoms. The minimum absolute atomic E-state index is 0.0873. The normalized spacial score (nSPS) is 22.2. The maximum Gasteiger partial charge on any atom is 0.129 e. The molecule has 1 atom stereocenters. The zero-order chi connectivity index (χ0) is 17.8. The van der Waals surface area contributed by atoms with Gasteiger partial charge in [-0.15, -0.1) is 11.3 Å². The molecule has 3 nitrogen and oxygen atoms in total. The van der Waals surface area contributed by atoms with Crippen LogP contribution in [-0.4, -0.2) is 35.3 Å². The lowest BCUT2D eigenvalue weighted by molar-refractivity contribution is 0.0991. The van der Waals surface area contributed by atoms with Crippen LogP contribution in [0.1, 0.15) is 35.3 Å². The first-order valence-corrected chi connectivity index (χ1v) is 10.0. The maximum absolute atomic E-state index is 8.81. The van der Waals surface area contributed by atoms with Gasteiger partial charge in [-0.05, 0) is 37.6 Å². The molecule has 2 aromatic rings. The SMILES string of the molecule is OCC#Cc1csc(CN2CCC[C@@]3(C=Cc4ccccc4O3)CC2)c1. The van der Waals surface area contributed by atoms with Crippen molar-refractivity contribution in [3.63, 3.8) is 0 Å². The number of ether oxygens (including phenoxy) is 1. The number of rotatable bonds is 2. The highest BCUT2D eigenvalue weighted by Crippen LogP contribution is 2.37. The standard InChI is InChI=1S/C22H23NO2S/c24-14-3-5-18-15-20(26-17-18)16-23-12-4-9-22(11-13-23)10-8-19-6-1-2-7-21(19)25-22/h1-2,6-8,10,15,17,24H,4,9,11-14,16H2/t22-/m1/s1. The summed E-state index contributed by atoms with van der Waals surface area (Å²) in [5.41, 5.74) is 2.02.